The van der Waals surface area contributed by atoms with Crippen molar-refractivity contribution >= 4 is 33.1 Å². The van der Waals surface area contributed by atoms with Crippen molar-refractivity contribution in [2.75, 3.05) is 43.7 Å². The molecule has 2 aliphatic rings. The van der Waals surface area contributed by atoms with Crippen LogP contribution < -0.4 is 15.8 Å². The second-order valence-electron chi connectivity index (χ2n) is 10.1. The Morgan fingerprint density at radius 2 is 1.80 bits per heavy atom. The van der Waals surface area contributed by atoms with Crippen molar-refractivity contribution in [2.24, 2.45) is 13.0 Å². The number of aryl methyl sites for hydroxylation is 1. The maximum atomic E-state index is 12.5. The summed E-state index contributed by atoms with van der Waals surface area (Å²) in [6.45, 7) is 3.43. The molecular formula is C27H40BrN5O2. The van der Waals surface area contributed by atoms with E-state index in [9.17, 15) is 4.79 Å². The Labute approximate surface area is 218 Å². The molecule has 0 aromatic carbocycles. The first kappa shape index (κ1) is 26.2. The molecule has 8 heteroatoms. The lowest BCUT2D eigenvalue weighted by Crippen LogP contribution is -2.47. The van der Waals surface area contributed by atoms with Gasteiger partial charge in [0.25, 0.3) is 5.56 Å². The van der Waals surface area contributed by atoms with Crippen molar-refractivity contribution in [3.8, 4) is 0 Å². The molecule has 2 aromatic heterocycles. The molecule has 1 aliphatic carbocycles. The Morgan fingerprint density at radius 1 is 1.06 bits per heavy atom. The molecule has 0 amide bonds. The quantitative estimate of drug-likeness (QED) is 0.545. The van der Waals surface area contributed by atoms with Gasteiger partial charge >= 0.3 is 0 Å². The van der Waals surface area contributed by atoms with Gasteiger partial charge in [-0.3, -0.25) is 9.69 Å². The van der Waals surface area contributed by atoms with Gasteiger partial charge in [-0.1, -0.05) is 38.5 Å². The van der Waals surface area contributed by atoms with Crippen LogP contribution in [0.1, 0.15) is 57.8 Å². The average Bonchev–Trinajstić information content (AvgIpc) is 3.04. The Hall–Kier alpha value is -1.90. The number of hydrogen-bond acceptors (Lipinski definition) is 6. The van der Waals surface area contributed by atoms with Gasteiger partial charge in [-0.2, -0.15) is 0 Å². The molecule has 0 bridgehead atoms. The van der Waals surface area contributed by atoms with E-state index in [4.69, 9.17) is 4.74 Å². The molecule has 1 saturated heterocycles. The molecule has 4 rings (SSSR count). The van der Waals surface area contributed by atoms with Gasteiger partial charge in [0, 0.05) is 36.8 Å². The predicted molar refractivity (Wildman–Crippen MR) is 147 cm³/mol. The maximum Gasteiger partial charge on any atom is 0.274 e. The number of aromatic nitrogens is 2. The summed E-state index contributed by atoms with van der Waals surface area (Å²) in [6, 6.07) is 6.35. The van der Waals surface area contributed by atoms with Gasteiger partial charge < -0.3 is 19.5 Å². The smallest absolute Gasteiger partial charge is 0.274 e. The molecule has 7 nitrogen and oxygen atoms in total. The summed E-state index contributed by atoms with van der Waals surface area (Å²) in [5.41, 5.74) is 1.55. The zero-order valence-corrected chi connectivity index (χ0v) is 22.8. The molecule has 0 spiro atoms. The van der Waals surface area contributed by atoms with Crippen molar-refractivity contribution in [1.29, 1.82) is 0 Å². The third-order valence-electron chi connectivity index (χ3n) is 7.45. The summed E-state index contributed by atoms with van der Waals surface area (Å²) in [5, 5.41) is 3.18. The van der Waals surface area contributed by atoms with Crippen LogP contribution in [0.15, 0.2) is 39.9 Å². The van der Waals surface area contributed by atoms with Gasteiger partial charge in [0.2, 0.25) is 0 Å². The number of ether oxygens (including phenoxy) is 1. The molecular weight excluding hydrogens is 506 g/mol. The van der Waals surface area contributed by atoms with Gasteiger partial charge in [-0.25, -0.2) is 4.98 Å². The molecule has 35 heavy (non-hydrogen) atoms. The first-order valence-corrected chi connectivity index (χ1v) is 13.9. The van der Waals surface area contributed by atoms with Crippen molar-refractivity contribution in [3.05, 3.63) is 45.4 Å². The molecule has 3 heterocycles. The minimum atomic E-state index is -0.0834. The fourth-order valence-electron chi connectivity index (χ4n) is 5.46. The Kier molecular flexibility index (Phi) is 9.63. The van der Waals surface area contributed by atoms with E-state index in [0.717, 1.165) is 36.3 Å². The highest BCUT2D eigenvalue weighted by Crippen LogP contribution is 2.29. The molecule has 0 radical (unpaired) electrons. The average molecular weight is 547 g/mol. The first-order valence-electron chi connectivity index (χ1n) is 13.1. The monoisotopic (exact) mass is 545 g/mol. The van der Waals surface area contributed by atoms with E-state index >= 15 is 0 Å². The van der Waals surface area contributed by atoms with Crippen LogP contribution in [0.4, 0.5) is 17.2 Å². The van der Waals surface area contributed by atoms with Gasteiger partial charge in [0.1, 0.15) is 11.5 Å². The van der Waals surface area contributed by atoms with Gasteiger partial charge in [-0.15, -0.1) is 0 Å². The van der Waals surface area contributed by atoms with Crippen molar-refractivity contribution in [2.45, 2.75) is 63.8 Å². The van der Waals surface area contributed by atoms with Crippen LogP contribution >= 0.6 is 15.9 Å². The van der Waals surface area contributed by atoms with Crippen LogP contribution in [0.3, 0.4) is 0 Å². The number of anilines is 3. The van der Waals surface area contributed by atoms with E-state index < -0.39 is 0 Å². The molecule has 1 N–H and O–H groups in total. The normalized spacial score (nSPS) is 21.8. The highest BCUT2D eigenvalue weighted by atomic mass is 79.9. The molecule has 192 valence electrons. The van der Waals surface area contributed by atoms with Crippen LogP contribution in [0.2, 0.25) is 0 Å². The van der Waals surface area contributed by atoms with E-state index in [1.54, 1.807) is 23.9 Å². The Morgan fingerprint density at radius 3 is 2.51 bits per heavy atom. The van der Waals surface area contributed by atoms with E-state index in [1.165, 1.54) is 51.4 Å². The second kappa shape index (κ2) is 12.9. The molecule has 1 unspecified atom stereocenters. The third-order valence-corrected chi connectivity index (χ3v) is 7.89. The lowest BCUT2D eigenvalue weighted by molar-refractivity contribution is 0.0100. The third kappa shape index (κ3) is 7.30. The summed E-state index contributed by atoms with van der Waals surface area (Å²) in [4.78, 5) is 22.0. The van der Waals surface area contributed by atoms with Crippen LogP contribution in [-0.2, 0) is 11.8 Å². The van der Waals surface area contributed by atoms with E-state index in [0.29, 0.717) is 30.2 Å². The SMILES string of the molecule is CN1COCCCN(c2ccc(Nc3cc(Br)cn(C)c3=O)nc2)CC1C1CCCCCCCC1. The topological polar surface area (TPSA) is 62.6 Å². The number of halogens is 1. The number of pyridine rings is 2. The standard InChI is InChI=1S/C27H40BrN5O2/c1-31-18-22(28)16-24(27(31)34)30-26-13-12-23(17-29-26)33-14-9-15-35-20-32(2)25(19-33)21-10-7-5-3-4-6-8-11-21/h12-13,16-18,21,25H,3-11,14-15,19-20H2,1-2H3,(H,29,30). The summed E-state index contributed by atoms with van der Waals surface area (Å²) < 4.78 is 8.41. The Bertz CT molecular complexity index is 986. The molecule has 2 aromatic rings. The summed E-state index contributed by atoms with van der Waals surface area (Å²) in [6.07, 6.45) is 15.5. The summed E-state index contributed by atoms with van der Waals surface area (Å²) >= 11 is 3.46. The van der Waals surface area contributed by atoms with Crippen molar-refractivity contribution < 1.29 is 4.74 Å². The number of rotatable bonds is 4. The lowest BCUT2D eigenvalue weighted by Gasteiger charge is -2.38. The van der Waals surface area contributed by atoms with Crippen LogP contribution in [0.25, 0.3) is 0 Å². The molecule has 1 aliphatic heterocycles. The fraction of sp³-hybridized carbons (Fsp3) is 0.630. The van der Waals surface area contributed by atoms with Crippen LogP contribution in [0.5, 0.6) is 0 Å². The summed E-state index contributed by atoms with van der Waals surface area (Å²) in [5.74, 6) is 1.37. The molecule has 1 saturated carbocycles. The Balaban J connectivity index is 1.51. The highest BCUT2D eigenvalue weighted by molar-refractivity contribution is 9.10. The minimum absolute atomic E-state index is 0.0834. The van der Waals surface area contributed by atoms with Crippen LogP contribution in [0, 0.1) is 5.92 Å². The molecule has 1 atom stereocenters. The fourth-order valence-corrected chi connectivity index (χ4v) is 5.99. The van der Waals surface area contributed by atoms with Crippen molar-refractivity contribution in [3.63, 3.8) is 0 Å². The minimum Gasteiger partial charge on any atom is -0.369 e. The maximum absolute atomic E-state index is 12.5. The lowest BCUT2D eigenvalue weighted by atomic mass is 9.88. The van der Waals surface area contributed by atoms with E-state index in [2.05, 4.69) is 49.1 Å². The zero-order chi connectivity index (χ0) is 24.6. The number of likely N-dealkylation sites (N-methyl/N-ethyl adjacent to an activating group) is 1. The summed E-state index contributed by atoms with van der Waals surface area (Å²) in [7, 11) is 3.97. The van der Waals surface area contributed by atoms with Gasteiger partial charge in [0.15, 0.2) is 0 Å². The van der Waals surface area contributed by atoms with Crippen molar-refractivity contribution in [1.82, 2.24) is 14.5 Å². The second-order valence-corrected chi connectivity index (χ2v) is 11.1. The van der Waals surface area contributed by atoms with Gasteiger partial charge in [0.05, 0.1) is 25.2 Å². The zero-order valence-electron chi connectivity index (χ0n) is 21.2. The van der Waals surface area contributed by atoms with Gasteiger partial charge in [-0.05, 0) is 66.4 Å². The number of hydrogen-bond donors (Lipinski definition) is 1. The van der Waals surface area contributed by atoms with Crippen LogP contribution in [-0.4, -0.2) is 54.0 Å². The predicted octanol–water partition coefficient (Wildman–Crippen LogP) is 5.52. The molecule has 2 fully saturated rings. The largest absolute Gasteiger partial charge is 0.369 e. The number of nitrogens with zero attached hydrogens (tertiary/aromatic N) is 4. The highest BCUT2D eigenvalue weighted by Gasteiger charge is 2.28. The van der Waals surface area contributed by atoms with E-state index in [1.807, 2.05) is 12.3 Å². The van der Waals surface area contributed by atoms with E-state index in [-0.39, 0.29) is 5.56 Å². The number of nitrogens with one attached hydrogen (secondary N) is 1. The first-order chi connectivity index (χ1) is 17.0.